The molecule has 6 heteroatoms. The Balaban J connectivity index is 2.06. The van der Waals surface area contributed by atoms with Crippen molar-refractivity contribution in [3.8, 4) is 6.07 Å². The van der Waals surface area contributed by atoms with Crippen LogP contribution in [-0.2, 0) is 19.4 Å². The molecular formula is C18H23N3O2S. The number of rotatable bonds is 3. The summed E-state index contributed by atoms with van der Waals surface area (Å²) in [5, 5.41) is 9.34. The Labute approximate surface area is 144 Å². The van der Waals surface area contributed by atoms with Gasteiger partial charge in [-0.3, -0.25) is 14.3 Å². The summed E-state index contributed by atoms with van der Waals surface area (Å²) in [4.78, 5) is 29.9. The van der Waals surface area contributed by atoms with Gasteiger partial charge in [-0.25, -0.2) is 4.79 Å². The zero-order valence-corrected chi connectivity index (χ0v) is 15.3. The lowest BCUT2D eigenvalue weighted by atomic mass is 9.72. The Hall–Kier alpha value is -1.87. The molecule has 24 heavy (non-hydrogen) atoms. The van der Waals surface area contributed by atoms with Crippen molar-refractivity contribution in [2.24, 2.45) is 11.3 Å². The number of fused-ring (bicyclic) bond motifs is 3. The fourth-order valence-electron chi connectivity index (χ4n) is 3.55. The van der Waals surface area contributed by atoms with Crippen molar-refractivity contribution in [2.75, 3.05) is 0 Å². The van der Waals surface area contributed by atoms with E-state index in [0.29, 0.717) is 35.5 Å². The Morgan fingerprint density at radius 1 is 1.38 bits per heavy atom. The quantitative estimate of drug-likeness (QED) is 0.868. The first-order chi connectivity index (χ1) is 11.3. The number of hydrogen-bond acceptors (Lipinski definition) is 4. The molecule has 1 aliphatic carbocycles. The zero-order chi connectivity index (χ0) is 17.5. The molecule has 0 spiro atoms. The van der Waals surface area contributed by atoms with Gasteiger partial charge in [-0.15, -0.1) is 11.3 Å². The summed E-state index contributed by atoms with van der Waals surface area (Å²) in [5.74, 6) is 0.600. The summed E-state index contributed by atoms with van der Waals surface area (Å²) < 4.78 is 1.25. The summed E-state index contributed by atoms with van der Waals surface area (Å²) >= 11 is 1.56. The van der Waals surface area contributed by atoms with Gasteiger partial charge >= 0.3 is 5.69 Å². The number of aromatic amines is 1. The molecule has 2 aromatic rings. The van der Waals surface area contributed by atoms with Crippen LogP contribution in [0.2, 0.25) is 0 Å². The van der Waals surface area contributed by atoms with Gasteiger partial charge in [0, 0.05) is 17.8 Å². The Bertz CT molecular complexity index is 921. The van der Waals surface area contributed by atoms with Crippen LogP contribution < -0.4 is 11.2 Å². The fourth-order valence-corrected chi connectivity index (χ4v) is 4.86. The lowest BCUT2D eigenvalue weighted by molar-refractivity contribution is 0.218. The van der Waals surface area contributed by atoms with Crippen LogP contribution in [0.1, 0.15) is 50.5 Å². The minimum atomic E-state index is -0.364. The molecule has 0 bridgehead atoms. The van der Waals surface area contributed by atoms with E-state index < -0.39 is 0 Å². The van der Waals surface area contributed by atoms with E-state index in [-0.39, 0.29) is 16.7 Å². The Morgan fingerprint density at radius 3 is 2.79 bits per heavy atom. The smallest absolute Gasteiger partial charge is 0.298 e. The first-order valence-electron chi connectivity index (χ1n) is 8.47. The van der Waals surface area contributed by atoms with E-state index in [9.17, 15) is 9.59 Å². The molecule has 2 aromatic heterocycles. The number of aromatic nitrogens is 2. The van der Waals surface area contributed by atoms with Crippen molar-refractivity contribution in [1.82, 2.24) is 9.55 Å². The van der Waals surface area contributed by atoms with Crippen molar-refractivity contribution >= 4 is 21.6 Å². The Kier molecular flexibility index (Phi) is 4.39. The number of nitrogens with one attached hydrogen (secondary N) is 1. The first kappa shape index (κ1) is 17.0. The van der Waals surface area contributed by atoms with Crippen LogP contribution in [0.5, 0.6) is 0 Å². The monoisotopic (exact) mass is 345 g/mol. The molecule has 1 aliphatic rings. The van der Waals surface area contributed by atoms with Crippen LogP contribution in [0.3, 0.4) is 0 Å². The summed E-state index contributed by atoms with van der Waals surface area (Å²) in [6, 6.07) is 2.05. The number of hydrogen-bond donors (Lipinski definition) is 1. The Morgan fingerprint density at radius 2 is 2.12 bits per heavy atom. The highest BCUT2D eigenvalue weighted by molar-refractivity contribution is 7.18. The molecule has 1 unspecified atom stereocenters. The fraction of sp³-hybridized carbons (Fsp3) is 0.611. The lowest BCUT2D eigenvalue weighted by Crippen LogP contribution is -2.35. The number of nitriles is 1. The molecule has 2 heterocycles. The van der Waals surface area contributed by atoms with Crippen LogP contribution in [0, 0.1) is 22.7 Å². The second-order valence-electron chi connectivity index (χ2n) is 7.66. The summed E-state index contributed by atoms with van der Waals surface area (Å²) in [5.41, 5.74) is 0.819. The molecule has 5 nitrogen and oxygen atoms in total. The minimum Gasteiger partial charge on any atom is -0.298 e. The SMILES string of the molecule is CC(C)(C)C1CCc2c(sc3[nH]c(=O)n(CCCC#N)c(=O)c23)C1. The van der Waals surface area contributed by atoms with Gasteiger partial charge in [-0.2, -0.15) is 5.26 Å². The highest BCUT2D eigenvalue weighted by Crippen LogP contribution is 2.41. The number of thiophene rings is 1. The molecule has 128 valence electrons. The van der Waals surface area contributed by atoms with E-state index in [1.807, 2.05) is 0 Å². The number of H-pyrrole nitrogens is 1. The van der Waals surface area contributed by atoms with E-state index >= 15 is 0 Å². The van der Waals surface area contributed by atoms with E-state index in [4.69, 9.17) is 5.26 Å². The summed E-state index contributed by atoms with van der Waals surface area (Å²) in [7, 11) is 0. The molecule has 0 radical (unpaired) electrons. The standard InChI is InChI=1S/C18H23N3O2S/c1-18(2,3)11-6-7-12-13(10-11)24-15-14(12)16(22)21(17(23)20-15)9-5-4-8-19/h11H,4-7,9-10H2,1-3H3,(H,20,23). The van der Waals surface area contributed by atoms with Crippen molar-refractivity contribution in [1.29, 1.82) is 5.26 Å². The minimum absolute atomic E-state index is 0.196. The van der Waals surface area contributed by atoms with E-state index in [0.717, 1.165) is 24.8 Å². The van der Waals surface area contributed by atoms with Crippen molar-refractivity contribution in [3.63, 3.8) is 0 Å². The van der Waals surface area contributed by atoms with Gasteiger partial charge in [-0.05, 0) is 42.6 Å². The average molecular weight is 345 g/mol. The molecule has 0 aromatic carbocycles. The normalized spacial score (nSPS) is 17.7. The molecule has 0 saturated carbocycles. The predicted octanol–water partition coefficient (Wildman–Crippen LogP) is 3.21. The maximum absolute atomic E-state index is 12.8. The summed E-state index contributed by atoms with van der Waals surface area (Å²) in [6.07, 6.45) is 3.82. The van der Waals surface area contributed by atoms with Gasteiger partial charge in [0.05, 0.1) is 11.5 Å². The van der Waals surface area contributed by atoms with Crippen LogP contribution >= 0.6 is 11.3 Å². The zero-order valence-electron chi connectivity index (χ0n) is 14.4. The number of unbranched alkanes of at least 4 members (excludes halogenated alkanes) is 1. The second-order valence-corrected chi connectivity index (χ2v) is 8.77. The molecule has 0 aliphatic heterocycles. The van der Waals surface area contributed by atoms with Crippen LogP contribution in [0.15, 0.2) is 9.59 Å². The largest absolute Gasteiger partial charge is 0.329 e. The molecule has 0 saturated heterocycles. The van der Waals surface area contributed by atoms with Gasteiger partial charge in [0.15, 0.2) is 0 Å². The van der Waals surface area contributed by atoms with Crippen LogP contribution in [0.4, 0.5) is 0 Å². The van der Waals surface area contributed by atoms with Crippen molar-refractivity contribution in [2.45, 2.75) is 59.4 Å². The molecular weight excluding hydrogens is 322 g/mol. The van der Waals surface area contributed by atoms with E-state index in [1.165, 1.54) is 9.44 Å². The highest BCUT2D eigenvalue weighted by Gasteiger charge is 2.31. The van der Waals surface area contributed by atoms with Gasteiger partial charge in [-0.1, -0.05) is 20.8 Å². The maximum atomic E-state index is 12.8. The lowest BCUT2D eigenvalue weighted by Gasteiger charge is -2.33. The summed E-state index contributed by atoms with van der Waals surface area (Å²) in [6.45, 7) is 7.09. The molecule has 1 atom stereocenters. The first-order valence-corrected chi connectivity index (χ1v) is 9.29. The predicted molar refractivity (Wildman–Crippen MR) is 96.5 cm³/mol. The van der Waals surface area contributed by atoms with Gasteiger partial charge in [0.2, 0.25) is 0 Å². The van der Waals surface area contributed by atoms with Crippen molar-refractivity contribution < 1.29 is 0 Å². The second kappa shape index (κ2) is 6.21. The molecule has 0 fully saturated rings. The van der Waals surface area contributed by atoms with E-state index in [2.05, 4.69) is 31.8 Å². The topological polar surface area (TPSA) is 78.7 Å². The highest BCUT2D eigenvalue weighted by atomic mass is 32.1. The molecule has 1 N–H and O–H groups in total. The number of nitrogens with zero attached hydrogens (tertiary/aromatic N) is 2. The number of aryl methyl sites for hydroxylation is 1. The van der Waals surface area contributed by atoms with Crippen LogP contribution in [0.25, 0.3) is 10.2 Å². The maximum Gasteiger partial charge on any atom is 0.329 e. The third-order valence-electron chi connectivity index (χ3n) is 5.08. The third kappa shape index (κ3) is 2.93. The van der Waals surface area contributed by atoms with Crippen LogP contribution in [-0.4, -0.2) is 9.55 Å². The van der Waals surface area contributed by atoms with Gasteiger partial charge in [0.25, 0.3) is 5.56 Å². The third-order valence-corrected chi connectivity index (χ3v) is 6.25. The van der Waals surface area contributed by atoms with Gasteiger partial charge < -0.3 is 0 Å². The molecule has 3 rings (SSSR count). The van der Waals surface area contributed by atoms with Crippen molar-refractivity contribution in [3.05, 3.63) is 31.3 Å². The van der Waals surface area contributed by atoms with Gasteiger partial charge in [0.1, 0.15) is 4.83 Å². The molecule has 0 amide bonds. The average Bonchev–Trinajstić information content (AvgIpc) is 2.86. The van der Waals surface area contributed by atoms with E-state index in [1.54, 1.807) is 11.3 Å².